The highest BCUT2D eigenvalue weighted by Crippen LogP contribution is 2.19. The average molecular weight is 200 g/mol. The third-order valence-electron chi connectivity index (χ3n) is 2.98. The molecule has 3 unspecified atom stereocenters. The SMILES string of the molecule is COC(C)C(=O)N1CCC(C(C)N)C1. The number of nitrogens with two attached hydrogens (primary N) is 1. The molecule has 0 spiro atoms. The summed E-state index contributed by atoms with van der Waals surface area (Å²) in [5, 5.41) is 0. The van der Waals surface area contributed by atoms with Gasteiger partial charge < -0.3 is 15.4 Å². The molecule has 1 amide bonds. The van der Waals surface area contributed by atoms with Gasteiger partial charge in [-0.1, -0.05) is 0 Å². The quantitative estimate of drug-likeness (QED) is 0.709. The maximum atomic E-state index is 11.7. The van der Waals surface area contributed by atoms with Crippen LogP contribution in [0.4, 0.5) is 0 Å². The molecule has 0 aromatic rings. The third kappa shape index (κ3) is 2.45. The lowest BCUT2D eigenvalue weighted by molar-refractivity contribution is -0.139. The Kier molecular flexibility index (Phi) is 3.89. The highest BCUT2D eigenvalue weighted by Gasteiger charge is 2.30. The number of hydrogen-bond acceptors (Lipinski definition) is 3. The Morgan fingerprint density at radius 2 is 2.21 bits per heavy atom. The molecule has 0 saturated carbocycles. The molecule has 1 aliphatic heterocycles. The van der Waals surface area contributed by atoms with Gasteiger partial charge in [-0.2, -0.15) is 0 Å². The molecule has 1 aliphatic rings. The lowest BCUT2D eigenvalue weighted by Crippen LogP contribution is -2.38. The monoisotopic (exact) mass is 200 g/mol. The van der Waals surface area contributed by atoms with Crippen LogP contribution in [0.2, 0.25) is 0 Å². The van der Waals surface area contributed by atoms with Gasteiger partial charge in [-0.3, -0.25) is 4.79 Å². The summed E-state index contributed by atoms with van der Waals surface area (Å²) in [5.41, 5.74) is 5.80. The van der Waals surface area contributed by atoms with E-state index in [-0.39, 0.29) is 18.1 Å². The van der Waals surface area contributed by atoms with E-state index >= 15 is 0 Å². The molecule has 82 valence electrons. The fraction of sp³-hybridized carbons (Fsp3) is 0.900. The van der Waals surface area contributed by atoms with Crippen molar-refractivity contribution in [2.45, 2.75) is 32.4 Å². The van der Waals surface area contributed by atoms with Crippen LogP contribution in [0, 0.1) is 5.92 Å². The van der Waals surface area contributed by atoms with Crippen LogP contribution in [0.3, 0.4) is 0 Å². The summed E-state index contributed by atoms with van der Waals surface area (Å²) in [7, 11) is 1.56. The molecule has 4 heteroatoms. The number of amides is 1. The first-order valence-corrected chi connectivity index (χ1v) is 5.13. The van der Waals surface area contributed by atoms with Crippen LogP contribution in [0.1, 0.15) is 20.3 Å². The number of ether oxygens (including phenoxy) is 1. The summed E-state index contributed by atoms with van der Waals surface area (Å²) in [5.74, 6) is 0.527. The van der Waals surface area contributed by atoms with Crippen LogP contribution in [-0.4, -0.2) is 43.2 Å². The predicted octanol–water partition coefficient (Wildman–Crippen LogP) is 0.217. The van der Waals surface area contributed by atoms with Gasteiger partial charge in [0.05, 0.1) is 0 Å². The van der Waals surface area contributed by atoms with Crippen molar-refractivity contribution in [3.8, 4) is 0 Å². The van der Waals surface area contributed by atoms with E-state index in [0.29, 0.717) is 5.92 Å². The minimum absolute atomic E-state index is 0.0793. The van der Waals surface area contributed by atoms with Crippen molar-refractivity contribution in [2.75, 3.05) is 20.2 Å². The molecule has 1 heterocycles. The zero-order valence-corrected chi connectivity index (χ0v) is 9.19. The van der Waals surface area contributed by atoms with Crippen molar-refractivity contribution < 1.29 is 9.53 Å². The third-order valence-corrected chi connectivity index (χ3v) is 2.98. The van der Waals surface area contributed by atoms with E-state index in [0.717, 1.165) is 19.5 Å². The van der Waals surface area contributed by atoms with Crippen molar-refractivity contribution in [1.29, 1.82) is 0 Å². The first-order valence-electron chi connectivity index (χ1n) is 5.13. The van der Waals surface area contributed by atoms with E-state index < -0.39 is 0 Å². The smallest absolute Gasteiger partial charge is 0.251 e. The second-order valence-electron chi connectivity index (χ2n) is 4.07. The van der Waals surface area contributed by atoms with Gasteiger partial charge in [0.15, 0.2) is 0 Å². The molecule has 3 atom stereocenters. The Morgan fingerprint density at radius 1 is 1.57 bits per heavy atom. The van der Waals surface area contributed by atoms with Crippen LogP contribution in [0.25, 0.3) is 0 Å². The minimum Gasteiger partial charge on any atom is -0.372 e. The second-order valence-corrected chi connectivity index (χ2v) is 4.07. The molecule has 0 bridgehead atoms. The molecular formula is C10H20N2O2. The molecule has 1 rings (SSSR count). The van der Waals surface area contributed by atoms with E-state index in [1.54, 1.807) is 14.0 Å². The average Bonchev–Trinajstić information content (AvgIpc) is 2.64. The lowest BCUT2D eigenvalue weighted by atomic mass is 10.0. The van der Waals surface area contributed by atoms with Gasteiger partial charge in [0.25, 0.3) is 5.91 Å². The Labute approximate surface area is 85.4 Å². The van der Waals surface area contributed by atoms with Crippen molar-refractivity contribution in [1.82, 2.24) is 4.90 Å². The lowest BCUT2D eigenvalue weighted by Gasteiger charge is -2.20. The highest BCUT2D eigenvalue weighted by atomic mass is 16.5. The summed E-state index contributed by atoms with van der Waals surface area (Å²) in [6, 6.07) is 0.172. The summed E-state index contributed by atoms with van der Waals surface area (Å²) in [6.45, 7) is 5.38. The van der Waals surface area contributed by atoms with Gasteiger partial charge in [0, 0.05) is 26.2 Å². The van der Waals surface area contributed by atoms with Crippen LogP contribution in [-0.2, 0) is 9.53 Å². The second kappa shape index (κ2) is 4.75. The number of hydrogen-bond donors (Lipinski definition) is 1. The topological polar surface area (TPSA) is 55.6 Å². The van der Waals surface area contributed by atoms with Gasteiger partial charge in [-0.15, -0.1) is 0 Å². The molecule has 1 saturated heterocycles. The molecule has 0 aromatic carbocycles. The van der Waals surface area contributed by atoms with Crippen LogP contribution in [0.15, 0.2) is 0 Å². The molecule has 4 nitrogen and oxygen atoms in total. The summed E-state index contributed by atoms with van der Waals surface area (Å²) in [4.78, 5) is 13.6. The van der Waals surface area contributed by atoms with E-state index in [4.69, 9.17) is 10.5 Å². The highest BCUT2D eigenvalue weighted by molar-refractivity contribution is 5.80. The van der Waals surface area contributed by atoms with Crippen LogP contribution in [0.5, 0.6) is 0 Å². The number of rotatable bonds is 3. The molecule has 0 radical (unpaired) electrons. The largest absolute Gasteiger partial charge is 0.372 e. The van der Waals surface area contributed by atoms with Crippen LogP contribution < -0.4 is 5.73 Å². The molecule has 0 aliphatic carbocycles. The first kappa shape index (κ1) is 11.5. The Hall–Kier alpha value is -0.610. The maximum Gasteiger partial charge on any atom is 0.251 e. The van der Waals surface area contributed by atoms with Gasteiger partial charge in [0.1, 0.15) is 6.10 Å². The Bertz CT molecular complexity index is 206. The first-order chi connectivity index (χ1) is 6.56. The van der Waals surface area contributed by atoms with Crippen molar-refractivity contribution in [3.05, 3.63) is 0 Å². The fourth-order valence-electron chi connectivity index (χ4n) is 1.77. The Balaban J connectivity index is 2.45. The molecular weight excluding hydrogens is 180 g/mol. The fourth-order valence-corrected chi connectivity index (χ4v) is 1.77. The zero-order valence-electron chi connectivity index (χ0n) is 9.19. The maximum absolute atomic E-state index is 11.7. The Morgan fingerprint density at radius 3 is 2.64 bits per heavy atom. The number of likely N-dealkylation sites (tertiary alicyclic amines) is 1. The standard InChI is InChI=1S/C10H20N2O2/c1-7(11)9-4-5-12(6-9)10(13)8(2)14-3/h7-9H,4-6,11H2,1-3H3. The summed E-state index contributed by atoms with van der Waals surface area (Å²) >= 11 is 0. The van der Waals surface area contributed by atoms with Gasteiger partial charge >= 0.3 is 0 Å². The molecule has 1 fully saturated rings. The van der Waals surface area contributed by atoms with E-state index in [1.165, 1.54) is 0 Å². The van der Waals surface area contributed by atoms with Crippen molar-refractivity contribution in [3.63, 3.8) is 0 Å². The molecule has 2 N–H and O–H groups in total. The van der Waals surface area contributed by atoms with Gasteiger partial charge in [-0.25, -0.2) is 0 Å². The van der Waals surface area contributed by atoms with Gasteiger partial charge in [-0.05, 0) is 26.2 Å². The van der Waals surface area contributed by atoms with Crippen LogP contribution >= 0.6 is 0 Å². The number of carbonyl (C=O) groups excluding carboxylic acids is 1. The molecule has 14 heavy (non-hydrogen) atoms. The zero-order chi connectivity index (χ0) is 10.7. The number of nitrogens with zero attached hydrogens (tertiary/aromatic N) is 1. The summed E-state index contributed by atoms with van der Waals surface area (Å²) in [6.07, 6.45) is 0.682. The summed E-state index contributed by atoms with van der Waals surface area (Å²) < 4.78 is 5.00. The normalized spacial score (nSPS) is 26.3. The van der Waals surface area contributed by atoms with Gasteiger partial charge in [0.2, 0.25) is 0 Å². The number of methoxy groups -OCH3 is 1. The van der Waals surface area contributed by atoms with Crippen molar-refractivity contribution in [2.24, 2.45) is 11.7 Å². The van der Waals surface area contributed by atoms with E-state index in [1.807, 2.05) is 11.8 Å². The van der Waals surface area contributed by atoms with E-state index in [2.05, 4.69) is 0 Å². The van der Waals surface area contributed by atoms with E-state index in [9.17, 15) is 4.79 Å². The molecule has 0 aromatic heterocycles. The number of carbonyl (C=O) groups is 1. The predicted molar refractivity (Wildman–Crippen MR) is 54.8 cm³/mol. The van der Waals surface area contributed by atoms with Crippen molar-refractivity contribution >= 4 is 5.91 Å². The minimum atomic E-state index is -0.332.